The summed E-state index contributed by atoms with van der Waals surface area (Å²) in [4.78, 5) is 6.86. The molecule has 1 aliphatic heterocycles. The van der Waals surface area contributed by atoms with E-state index in [1.54, 1.807) is 0 Å². The highest BCUT2D eigenvalue weighted by molar-refractivity contribution is 14.0. The van der Waals surface area contributed by atoms with Crippen LogP contribution < -0.4 is 15.5 Å². The lowest BCUT2D eigenvalue weighted by molar-refractivity contribution is 0.647. The van der Waals surface area contributed by atoms with Gasteiger partial charge in [-0.1, -0.05) is 26.0 Å². The summed E-state index contributed by atoms with van der Waals surface area (Å²) >= 11 is 3.66. The van der Waals surface area contributed by atoms with E-state index >= 15 is 0 Å². The molecule has 0 spiro atoms. The van der Waals surface area contributed by atoms with Gasteiger partial charge in [-0.2, -0.15) is 5.10 Å². The normalized spacial score (nSPS) is 16.7. The molecular weight excluding hydrogens is 543 g/mol. The summed E-state index contributed by atoms with van der Waals surface area (Å²) in [7, 11) is 3.87. The van der Waals surface area contributed by atoms with Crippen LogP contribution >= 0.6 is 39.9 Å². The van der Waals surface area contributed by atoms with Crippen molar-refractivity contribution >= 4 is 51.6 Å². The monoisotopic (exact) mass is 574 g/mol. The van der Waals surface area contributed by atoms with E-state index in [4.69, 9.17) is 0 Å². The molecule has 0 aliphatic carbocycles. The van der Waals surface area contributed by atoms with Gasteiger partial charge in [-0.15, -0.1) is 24.0 Å². The minimum Gasteiger partial charge on any atom is -0.368 e. The second-order valence-electron chi connectivity index (χ2n) is 7.16. The number of hydrogen-bond donors (Lipinski definition) is 2. The van der Waals surface area contributed by atoms with Crippen LogP contribution in [0.3, 0.4) is 0 Å². The molecule has 0 radical (unpaired) electrons. The van der Waals surface area contributed by atoms with Crippen LogP contribution in [-0.4, -0.2) is 41.9 Å². The first kappa shape index (κ1) is 24.0. The predicted octanol–water partition coefficient (Wildman–Crippen LogP) is 3.87. The van der Waals surface area contributed by atoms with E-state index in [9.17, 15) is 0 Å². The summed E-state index contributed by atoms with van der Waals surface area (Å²) in [5, 5.41) is 11.8. The molecule has 1 aromatic carbocycles. The Morgan fingerprint density at radius 2 is 2.03 bits per heavy atom. The Morgan fingerprint density at radius 1 is 1.28 bits per heavy atom. The summed E-state index contributed by atoms with van der Waals surface area (Å²) in [6.45, 7) is 7.10. The standard InChI is InChI=1S/C21H31BrN6.HI/c1-5-18-16(19(6-2)27(4)26-18)13-24-21(23-3)25-15-11-12-28(14-15)20-10-8-7-9-17(20)22;/h7-10,15H,5-6,11-14H2,1-4H3,(H2,23,24,25);1H. The molecule has 160 valence electrons. The summed E-state index contributed by atoms with van der Waals surface area (Å²) < 4.78 is 3.16. The van der Waals surface area contributed by atoms with E-state index in [2.05, 4.69) is 79.7 Å². The molecule has 3 rings (SSSR count). The van der Waals surface area contributed by atoms with Crippen LogP contribution in [0.1, 0.15) is 37.2 Å². The maximum atomic E-state index is 4.66. The molecule has 8 heteroatoms. The zero-order valence-electron chi connectivity index (χ0n) is 17.7. The lowest BCUT2D eigenvalue weighted by Gasteiger charge is -2.21. The number of nitrogens with zero attached hydrogens (tertiary/aromatic N) is 4. The first-order valence-corrected chi connectivity index (χ1v) is 10.9. The number of guanidine groups is 1. The van der Waals surface area contributed by atoms with Crippen molar-refractivity contribution in [3.05, 3.63) is 45.7 Å². The zero-order valence-corrected chi connectivity index (χ0v) is 21.6. The van der Waals surface area contributed by atoms with Crippen molar-refractivity contribution in [2.75, 3.05) is 25.0 Å². The number of hydrogen-bond acceptors (Lipinski definition) is 3. The molecule has 1 aromatic heterocycles. The first-order valence-electron chi connectivity index (χ1n) is 10.1. The Kier molecular flexibility index (Phi) is 9.26. The van der Waals surface area contributed by atoms with Crippen molar-refractivity contribution in [3.63, 3.8) is 0 Å². The third-order valence-electron chi connectivity index (χ3n) is 5.41. The quantitative estimate of drug-likeness (QED) is 0.312. The fourth-order valence-corrected chi connectivity index (χ4v) is 4.49. The van der Waals surface area contributed by atoms with Crippen molar-refractivity contribution in [3.8, 4) is 0 Å². The highest BCUT2D eigenvalue weighted by atomic mass is 127. The van der Waals surface area contributed by atoms with Crippen LogP contribution in [0.25, 0.3) is 0 Å². The molecule has 1 fully saturated rings. The Morgan fingerprint density at radius 3 is 2.69 bits per heavy atom. The third kappa shape index (κ3) is 5.65. The lowest BCUT2D eigenvalue weighted by atomic mass is 10.1. The molecular formula is C21H32BrIN6. The molecule has 1 aliphatic rings. The number of aromatic nitrogens is 2. The van der Waals surface area contributed by atoms with E-state index in [-0.39, 0.29) is 24.0 Å². The van der Waals surface area contributed by atoms with Crippen molar-refractivity contribution in [2.45, 2.75) is 45.7 Å². The van der Waals surface area contributed by atoms with E-state index in [1.165, 1.54) is 22.6 Å². The van der Waals surface area contributed by atoms with Crippen LogP contribution in [-0.2, 0) is 26.4 Å². The second kappa shape index (κ2) is 11.2. The Bertz CT molecular complexity index is 835. The molecule has 0 amide bonds. The SMILES string of the molecule is CCc1nn(C)c(CC)c1CNC(=NC)NC1CCN(c2ccccc2Br)C1.I. The van der Waals surface area contributed by atoms with Crippen molar-refractivity contribution in [1.29, 1.82) is 0 Å². The molecule has 0 bridgehead atoms. The molecule has 1 atom stereocenters. The van der Waals surface area contributed by atoms with Gasteiger partial charge in [0.1, 0.15) is 0 Å². The number of aryl methyl sites for hydroxylation is 2. The number of benzene rings is 1. The number of aliphatic imine (C=N–C) groups is 1. The van der Waals surface area contributed by atoms with Crippen molar-refractivity contribution in [1.82, 2.24) is 20.4 Å². The minimum atomic E-state index is 0. The fraction of sp³-hybridized carbons (Fsp3) is 0.524. The number of rotatable bonds is 6. The number of nitrogens with one attached hydrogen (secondary N) is 2. The topological polar surface area (TPSA) is 57.5 Å². The molecule has 6 nitrogen and oxygen atoms in total. The molecule has 1 unspecified atom stereocenters. The van der Waals surface area contributed by atoms with Gasteiger partial charge in [0.2, 0.25) is 0 Å². The molecule has 2 N–H and O–H groups in total. The number of para-hydroxylation sites is 1. The maximum absolute atomic E-state index is 4.66. The van der Waals surface area contributed by atoms with Gasteiger partial charge in [0.15, 0.2) is 5.96 Å². The Balaban J connectivity index is 0.00000300. The average Bonchev–Trinajstić information content (AvgIpc) is 3.28. The summed E-state index contributed by atoms with van der Waals surface area (Å²) in [5.74, 6) is 0.854. The molecule has 1 saturated heterocycles. The van der Waals surface area contributed by atoms with E-state index < -0.39 is 0 Å². The van der Waals surface area contributed by atoms with E-state index in [1.807, 2.05) is 18.8 Å². The lowest BCUT2D eigenvalue weighted by Crippen LogP contribution is -2.44. The maximum Gasteiger partial charge on any atom is 0.191 e. The van der Waals surface area contributed by atoms with Crippen molar-refractivity contribution < 1.29 is 0 Å². The van der Waals surface area contributed by atoms with E-state index in [0.717, 1.165) is 49.3 Å². The van der Waals surface area contributed by atoms with Gasteiger partial charge in [0.05, 0.1) is 11.4 Å². The molecule has 2 aromatic rings. The van der Waals surface area contributed by atoms with Gasteiger partial charge in [-0.3, -0.25) is 9.67 Å². The van der Waals surface area contributed by atoms with Crippen LogP contribution in [0.15, 0.2) is 33.7 Å². The Labute approximate surface area is 199 Å². The summed E-state index contributed by atoms with van der Waals surface area (Å²) in [6, 6.07) is 8.79. The van der Waals surface area contributed by atoms with Crippen molar-refractivity contribution in [2.24, 2.45) is 12.0 Å². The largest absolute Gasteiger partial charge is 0.368 e. The third-order valence-corrected chi connectivity index (χ3v) is 6.08. The predicted molar refractivity (Wildman–Crippen MR) is 135 cm³/mol. The zero-order chi connectivity index (χ0) is 20.1. The smallest absolute Gasteiger partial charge is 0.191 e. The molecule has 29 heavy (non-hydrogen) atoms. The van der Waals surface area contributed by atoms with E-state index in [0.29, 0.717) is 6.04 Å². The number of halogens is 2. The average molecular weight is 575 g/mol. The van der Waals surface area contributed by atoms with Crippen LogP contribution in [0.5, 0.6) is 0 Å². The molecule has 0 saturated carbocycles. The molecule has 2 heterocycles. The second-order valence-corrected chi connectivity index (χ2v) is 8.01. The van der Waals surface area contributed by atoms with Gasteiger partial charge in [0, 0.05) is 55.5 Å². The van der Waals surface area contributed by atoms with Crippen LogP contribution in [0.2, 0.25) is 0 Å². The highest BCUT2D eigenvalue weighted by Gasteiger charge is 2.24. The van der Waals surface area contributed by atoms with Gasteiger partial charge >= 0.3 is 0 Å². The van der Waals surface area contributed by atoms with Gasteiger partial charge in [0.25, 0.3) is 0 Å². The summed E-state index contributed by atoms with van der Waals surface area (Å²) in [5.41, 5.74) is 5.02. The van der Waals surface area contributed by atoms with Gasteiger partial charge in [-0.25, -0.2) is 0 Å². The first-order chi connectivity index (χ1) is 13.6. The van der Waals surface area contributed by atoms with Crippen LogP contribution in [0, 0.1) is 0 Å². The minimum absolute atomic E-state index is 0. The van der Waals surface area contributed by atoms with Gasteiger partial charge in [-0.05, 0) is 47.3 Å². The fourth-order valence-electron chi connectivity index (χ4n) is 3.96. The summed E-state index contributed by atoms with van der Waals surface area (Å²) in [6.07, 6.45) is 3.02. The number of anilines is 1. The van der Waals surface area contributed by atoms with Crippen LogP contribution in [0.4, 0.5) is 5.69 Å². The Hall–Kier alpha value is -1.29. The highest BCUT2D eigenvalue weighted by Crippen LogP contribution is 2.28. The van der Waals surface area contributed by atoms with Gasteiger partial charge < -0.3 is 15.5 Å².